The molecule has 4 N–H and O–H groups in total. The smallest absolute Gasteiger partial charge is 0.220 e. The van der Waals surface area contributed by atoms with Crippen LogP contribution < -0.4 is 11.1 Å². The topological polar surface area (TPSA) is 97.1 Å². The molecule has 0 unspecified atom stereocenters. The number of likely N-dealkylation sites (tertiary alicyclic amines) is 1. The second-order valence-electron chi connectivity index (χ2n) is 9.04. The lowest BCUT2D eigenvalue weighted by Gasteiger charge is -2.46. The zero-order chi connectivity index (χ0) is 22.1. The highest BCUT2D eigenvalue weighted by atomic mass is 16.7. The molecular weight excluding hydrogens is 406 g/mol. The summed E-state index contributed by atoms with van der Waals surface area (Å²) in [6.07, 6.45) is 0.206. The lowest BCUT2D eigenvalue weighted by molar-refractivity contribution is -0.186. The number of hydrogen-bond donors (Lipinski definition) is 3. The van der Waals surface area contributed by atoms with Crippen LogP contribution in [-0.4, -0.2) is 66.2 Å². The molecule has 3 heterocycles. The maximum Gasteiger partial charge on any atom is 0.220 e. The minimum Gasteiger partial charge on any atom is -0.390 e. The third kappa shape index (κ3) is 4.31. The molecule has 3 fully saturated rings. The first-order valence-electron chi connectivity index (χ1n) is 11.5. The quantitative estimate of drug-likeness (QED) is 0.634. The van der Waals surface area contributed by atoms with Crippen LogP contribution in [-0.2, 0) is 20.8 Å². The van der Waals surface area contributed by atoms with Crippen molar-refractivity contribution in [3.63, 3.8) is 0 Å². The number of amides is 1. The van der Waals surface area contributed by atoms with Gasteiger partial charge in [-0.05, 0) is 42.6 Å². The fourth-order valence-corrected chi connectivity index (χ4v) is 5.21. The predicted octanol–water partition coefficient (Wildman–Crippen LogP) is 1.49. The number of ether oxygens (including phenoxy) is 2. The zero-order valence-corrected chi connectivity index (χ0v) is 18.1. The third-order valence-corrected chi connectivity index (χ3v) is 7.09. The Hall–Kier alpha value is -2.29. The molecule has 32 heavy (non-hydrogen) atoms. The summed E-state index contributed by atoms with van der Waals surface area (Å²) in [5.41, 5.74) is 9.00. The summed E-state index contributed by atoms with van der Waals surface area (Å²) in [5.74, 6) is -0.321. The average Bonchev–Trinajstić information content (AvgIpc) is 3.25. The van der Waals surface area contributed by atoms with Crippen molar-refractivity contribution in [2.75, 3.05) is 19.7 Å². The number of nitrogens with two attached hydrogens (primary N) is 1. The van der Waals surface area contributed by atoms with Gasteiger partial charge >= 0.3 is 0 Å². The molecule has 0 aromatic heterocycles. The van der Waals surface area contributed by atoms with Crippen molar-refractivity contribution < 1.29 is 19.4 Å². The molecule has 170 valence electrons. The molecule has 7 nitrogen and oxygen atoms in total. The van der Waals surface area contributed by atoms with Gasteiger partial charge in [0, 0.05) is 12.5 Å². The monoisotopic (exact) mass is 437 g/mol. The van der Waals surface area contributed by atoms with E-state index in [0.29, 0.717) is 39.1 Å². The Morgan fingerprint density at radius 2 is 1.75 bits per heavy atom. The lowest BCUT2D eigenvalue weighted by Crippen LogP contribution is -2.65. The van der Waals surface area contributed by atoms with E-state index in [0.717, 1.165) is 5.56 Å². The van der Waals surface area contributed by atoms with Crippen LogP contribution in [0.3, 0.4) is 0 Å². The molecule has 0 aliphatic carbocycles. The molecule has 2 aromatic rings. The Balaban J connectivity index is 1.22. The molecule has 2 bridgehead atoms. The third-order valence-electron chi connectivity index (χ3n) is 7.09. The number of nitrogens with zero attached hydrogens (tertiary/aromatic N) is 1. The number of rotatable bonds is 6. The molecule has 3 aliphatic heterocycles. The molecular formula is C25H31N3O4. The number of nitrogens with one attached hydrogen (secondary N) is 1. The number of piperidine rings is 1. The first-order chi connectivity index (χ1) is 15.6. The van der Waals surface area contributed by atoms with E-state index in [1.54, 1.807) is 0 Å². The van der Waals surface area contributed by atoms with Gasteiger partial charge in [-0.15, -0.1) is 0 Å². The van der Waals surface area contributed by atoms with Crippen LogP contribution in [0, 0.1) is 5.92 Å². The normalized spacial score (nSPS) is 31.0. The SMILES string of the molecule is NC(=O)C1CCN([C@H]2[C@@H]3OC[C@@H](O3)[C@@H](NCc3ccc(-c4ccccc4)cc3)[C@@H]2O)CC1. The Kier molecular flexibility index (Phi) is 6.26. The van der Waals surface area contributed by atoms with E-state index in [9.17, 15) is 9.90 Å². The average molecular weight is 438 g/mol. The molecule has 3 saturated heterocycles. The van der Waals surface area contributed by atoms with E-state index in [1.807, 2.05) is 18.2 Å². The highest BCUT2D eigenvalue weighted by molar-refractivity contribution is 5.76. The molecule has 2 aromatic carbocycles. The standard InChI is InChI=1S/C25H31N3O4/c26-24(30)19-10-12-28(13-11-19)22-23(29)21(20-15-31-25(22)32-20)27-14-16-6-8-18(9-7-16)17-4-2-1-3-5-17/h1-9,19-23,25,27,29H,10-15H2,(H2,26,30)/t20-,21-,22-,23+,25-/m1/s1. The summed E-state index contributed by atoms with van der Waals surface area (Å²) >= 11 is 0. The molecule has 1 amide bonds. The van der Waals surface area contributed by atoms with Gasteiger partial charge in [0.05, 0.1) is 24.8 Å². The fourth-order valence-electron chi connectivity index (χ4n) is 5.21. The van der Waals surface area contributed by atoms with Crippen molar-refractivity contribution in [2.24, 2.45) is 11.7 Å². The van der Waals surface area contributed by atoms with E-state index < -0.39 is 12.4 Å². The molecule has 5 rings (SSSR count). The number of carbonyl (C=O) groups excluding carboxylic acids is 1. The van der Waals surface area contributed by atoms with Gasteiger partial charge in [0.1, 0.15) is 6.10 Å². The van der Waals surface area contributed by atoms with Gasteiger partial charge in [-0.3, -0.25) is 9.69 Å². The maximum atomic E-state index is 11.5. The van der Waals surface area contributed by atoms with Gasteiger partial charge in [-0.25, -0.2) is 0 Å². The van der Waals surface area contributed by atoms with Gasteiger partial charge in [0.2, 0.25) is 5.91 Å². The molecule has 7 heteroatoms. The van der Waals surface area contributed by atoms with Crippen molar-refractivity contribution >= 4 is 5.91 Å². The van der Waals surface area contributed by atoms with Crippen molar-refractivity contribution in [3.05, 3.63) is 60.2 Å². The number of primary amides is 1. The Morgan fingerprint density at radius 1 is 1.06 bits per heavy atom. The lowest BCUT2D eigenvalue weighted by atomic mass is 9.90. The Labute approximate surface area is 188 Å². The zero-order valence-electron chi connectivity index (χ0n) is 18.1. The van der Waals surface area contributed by atoms with Crippen LogP contribution in [0.5, 0.6) is 0 Å². The highest BCUT2D eigenvalue weighted by Crippen LogP contribution is 2.33. The predicted molar refractivity (Wildman–Crippen MR) is 120 cm³/mol. The maximum absolute atomic E-state index is 11.5. The van der Waals surface area contributed by atoms with Crippen LogP contribution in [0.1, 0.15) is 18.4 Å². The minimum atomic E-state index is -0.616. The highest BCUT2D eigenvalue weighted by Gasteiger charge is 2.52. The minimum absolute atomic E-state index is 0.0853. The summed E-state index contributed by atoms with van der Waals surface area (Å²) in [4.78, 5) is 13.7. The second kappa shape index (κ2) is 9.29. The first-order valence-corrected chi connectivity index (χ1v) is 11.5. The molecule has 0 spiro atoms. The largest absolute Gasteiger partial charge is 0.390 e. The fraction of sp³-hybridized carbons (Fsp3) is 0.480. The van der Waals surface area contributed by atoms with Crippen molar-refractivity contribution in [1.82, 2.24) is 10.2 Å². The van der Waals surface area contributed by atoms with E-state index in [1.165, 1.54) is 11.1 Å². The van der Waals surface area contributed by atoms with Crippen LogP contribution >= 0.6 is 0 Å². The van der Waals surface area contributed by atoms with E-state index >= 15 is 0 Å². The number of carbonyl (C=O) groups is 1. The van der Waals surface area contributed by atoms with Gasteiger partial charge in [-0.1, -0.05) is 54.6 Å². The number of hydrogen-bond acceptors (Lipinski definition) is 6. The van der Waals surface area contributed by atoms with Gasteiger partial charge < -0.3 is 25.6 Å². The summed E-state index contributed by atoms with van der Waals surface area (Å²) in [7, 11) is 0. The van der Waals surface area contributed by atoms with Crippen molar-refractivity contribution in [1.29, 1.82) is 0 Å². The van der Waals surface area contributed by atoms with Gasteiger partial charge in [0.25, 0.3) is 0 Å². The molecule has 5 atom stereocenters. The summed E-state index contributed by atoms with van der Waals surface area (Å²) in [6.45, 7) is 2.52. The Bertz CT molecular complexity index is 915. The molecule has 0 radical (unpaired) electrons. The van der Waals surface area contributed by atoms with E-state index in [4.69, 9.17) is 15.2 Å². The second-order valence-corrected chi connectivity index (χ2v) is 9.04. The first kappa shape index (κ1) is 21.6. The Morgan fingerprint density at radius 3 is 2.44 bits per heavy atom. The summed E-state index contributed by atoms with van der Waals surface area (Å²) < 4.78 is 12.0. The number of aliphatic hydroxyl groups excluding tert-OH is 1. The molecule has 3 aliphatic rings. The van der Waals surface area contributed by atoms with Crippen LogP contribution in [0.25, 0.3) is 11.1 Å². The molecule has 0 saturated carbocycles. The number of aliphatic hydroxyl groups is 1. The van der Waals surface area contributed by atoms with Gasteiger partial charge in [0.15, 0.2) is 6.29 Å². The van der Waals surface area contributed by atoms with Gasteiger partial charge in [-0.2, -0.15) is 0 Å². The van der Waals surface area contributed by atoms with Crippen LogP contribution in [0.4, 0.5) is 0 Å². The van der Waals surface area contributed by atoms with Crippen molar-refractivity contribution in [3.8, 4) is 11.1 Å². The van der Waals surface area contributed by atoms with E-state index in [2.05, 4.69) is 46.6 Å². The summed E-state index contributed by atoms with van der Waals surface area (Å²) in [5, 5.41) is 14.8. The van der Waals surface area contributed by atoms with Crippen molar-refractivity contribution in [2.45, 2.75) is 50.0 Å². The number of fused-ring (bicyclic) bond motifs is 2. The summed E-state index contributed by atoms with van der Waals surface area (Å²) in [6, 6.07) is 18.3. The number of benzene rings is 2. The van der Waals surface area contributed by atoms with Crippen LogP contribution in [0.15, 0.2) is 54.6 Å². The van der Waals surface area contributed by atoms with Crippen LogP contribution in [0.2, 0.25) is 0 Å². The van der Waals surface area contributed by atoms with E-state index in [-0.39, 0.29) is 30.0 Å².